The van der Waals surface area contributed by atoms with Crippen LogP contribution in [-0.4, -0.2) is 65.3 Å². The van der Waals surface area contributed by atoms with Gasteiger partial charge in [0.15, 0.2) is 0 Å². The molecule has 1 N–H and O–H groups in total. The lowest BCUT2D eigenvalue weighted by Crippen LogP contribution is -2.48. The number of pyridine rings is 1. The normalized spacial score (nSPS) is 19.9. The molecule has 2 heterocycles. The lowest BCUT2D eigenvalue weighted by molar-refractivity contribution is 0.0812. The molecule has 1 aromatic rings. The van der Waals surface area contributed by atoms with E-state index in [1.54, 1.807) is 0 Å². The van der Waals surface area contributed by atoms with Crippen molar-refractivity contribution in [1.82, 2.24) is 14.8 Å². The van der Waals surface area contributed by atoms with E-state index in [9.17, 15) is 5.11 Å². The first-order valence-electron chi connectivity index (χ1n) is 6.77. The summed E-state index contributed by atoms with van der Waals surface area (Å²) in [6, 6.07) is 6.09. The molecule has 0 radical (unpaired) electrons. The average molecular weight is 249 g/mol. The zero-order valence-corrected chi connectivity index (χ0v) is 11.1. The summed E-state index contributed by atoms with van der Waals surface area (Å²) in [6.07, 6.45) is 2.66. The van der Waals surface area contributed by atoms with Crippen molar-refractivity contribution in [3.05, 3.63) is 30.1 Å². The van der Waals surface area contributed by atoms with Crippen LogP contribution in [0.4, 0.5) is 0 Å². The molecule has 1 saturated heterocycles. The van der Waals surface area contributed by atoms with Crippen molar-refractivity contribution >= 4 is 0 Å². The fourth-order valence-corrected chi connectivity index (χ4v) is 2.39. The minimum Gasteiger partial charge on any atom is -0.392 e. The van der Waals surface area contributed by atoms with E-state index in [4.69, 9.17) is 0 Å². The molecule has 0 aromatic carbocycles. The van der Waals surface area contributed by atoms with Gasteiger partial charge >= 0.3 is 0 Å². The molecule has 0 spiro atoms. The van der Waals surface area contributed by atoms with Crippen molar-refractivity contribution in [2.75, 3.05) is 39.3 Å². The van der Waals surface area contributed by atoms with Crippen molar-refractivity contribution in [2.24, 2.45) is 0 Å². The quantitative estimate of drug-likeness (QED) is 0.830. The standard InChI is InChI=1S/C14H23N3O/c1-13(18)12-17-10-8-16(9-11-17)7-5-14-4-2-3-6-15-14/h2-4,6,13,18H,5,7-12H2,1H3. The number of β-amino-alcohol motifs (C(OH)–C–C–N with tert-alkyl or cyclic N) is 1. The Balaban J connectivity index is 1.68. The first kappa shape index (κ1) is 13.5. The van der Waals surface area contributed by atoms with Crippen LogP contribution in [0.1, 0.15) is 12.6 Å². The first-order chi connectivity index (χ1) is 8.74. The van der Waals surface area contributed by atoms with Crippen LogP contribution in [0.15, 0.2) is 24.4 Å². The third-order valence-corrected chi connectivity index (χ3v) is 3.40. The van der Waals surface area contributed by atoms with E-state index in [0.717, 1.165) is 45.7 Å². The second-order valence-electron chi connectivity index (χ2n) is 5.06. The Morgan fingerprint density at radius 3 is 2.56 bits per heavy atom. The lowest BCUT2D eigenvalue weighted by Gasteiger charge is -2.35. The molecule has 0 aliphatic carbocycles. The van der Waals surface area contributed by atoms with Crippen molar-refractivity contribution in [3.63, 3.8) is 0 Å². The average Bonchev–Trinajstić information content (AvgIpc) is 2.38. The second-order valence-corrected chi connectivity index (χ2v) is 5.06. The summed E-state index contributed by atoms with van der Waals surface area (Å²) in [5.41, 5.74) is 1.17. The molecule has 0 saturated carbocycles. The summed E-state index contributed by atoms with van der Waals surface area (Å²) in [6.45, 7) is 8.06. The van der Waals surface area contributed by atoms with Gasteiger partial charge in [0.05, 0.1) is 6.10 Å². The van der Waals surface area contributed by atoms with Crippen molar-refractivity contribution < 1.29 is 5.11 Å². The van der Waals surface area contributed by atoms with Gasteiger partial charge in [0.2, 0.25) is 0 Å². The van der Waals surface area contributed by atoms with Gasteiger partial charge in [0.25, 0.3) is 0 Å². The van der Waals surface area contributed by atoms with E-state index in [1.807, 2.05) is 25.3 Å². The van der Waals surface area contributed by atoms with Gasteiger partial charge in [-0.1, -0.05) is 6.07 Å². The predicted octanol–water partition coefficient (Wildman–Crippen LogP) is 0.622. The minimum absolute atomic E-state index is 0.218. The number of aliphatic hydroxyl groups is 1. The van der Waals surface area contributed by atoms with Crippen LogP contribution < -0.4 is 0 Å². The summed E-state index contributed by atoms with van der Waals surface area (Å²) >= 11 is 0. The third-order valence-electron chi connectivity index (χ3n) is 3.40. The molecular weight excluding hydrogens is 226 g/mol. The van der Waals surface area contributed by atoms with Crippen LogP contribution in [0.3, 0.4) is 0 Å². The van der Waals surface area contributed by atoms with Gasteiger partial charge in [0.1, 0.15) is 0 Å². The molecule has 4 heteroatoms. The monoisotopic (exact) mass is 249 g/mol. The van der Waals surface area contributed by atoms with E-state index < -0.39 is 0 Å². The summed E-state index contributed by atoms with van der Waals surface area (Å²) in [7, 11) is 0. The highest BCUT2D eigenvalue weighted by atomic mass is 16.3. The minimum atomic E-state index is -0.218. The second kappa shape index (κ2) is 6.83. The number of hydrogen-bond acceptors (Lipinski definition) is 4. The third kappa shape index (κ3) is 4.37. The Morgan fingerprint density at radius 1 is 1.22 bits per heavy atom. The smallest absolute Gasteiger partial charge is 0.0639 e. The highest BCUT2D eigenvalue weighted by Crippen LogP contribution is 2.04. The van der Waals surface area contributed by atoms with Crippen LogP contribution in [0.25, 0.3) is 0 Å². The Bertz CT molecular complexity index is 334. The van der Waals surface area contributed by atoms with Crippen molar-refractivity contribution in [3.8, 4) is 0 Å². The van der Waals surface area contributed by atoms with E-state index in [-0.39, 0.29) is 6.10 Å². The van der Waals surface area contributed by atoms with Gasteiger partial charge < -0.3 is 10.0 Å². The van der Waals surface area contributed by atoms with Crippen LogP contribution in [-0.2, 0) is 6.42 Å². The van der Waals surface area contributed by atoms with Crippen LogP contribution >= 0.6 is 0 Å². The molecule has 1 unspecified atom stereocenters. The summed E-state index contributed by atoms with van der Waals surface area (Å²) in [5.74, 6) is 0. The zero-order chi connectivity index (χ0) is 12.8. The fraction of sp³-hybridized carbons (Fsp3) is 0.643. The van der Waals surface area contributed by atoms with Crippen molar-refractivity contribution in [2.45, 2.75) is 19.4 Å². The van der Waals surface area contributed by atoms with Gasteiger partial charge in [-0.3, -0.25) is 9.88 Å². The van der Waals surface area contributed by atoms with E-state index in [2.05, 4.69) is 20.9 Å². The van der Waals surface area contributed by atoms with Gasteiger partial charge in [0, 0.05) is 57.6 Å². The Labute approximate surface area is 109 Å². The summed E-state index contributed by atoms with van der Waals surface area (Å²) in [5, 5.41) is 9.36. The fourth-order valence-electron chi connectivity index (χ4n) is 2.39. The van der Waals surface area contributed by atoms with Crippen molar-refractivity contribution in [1.29, 1.82) is 0 Å². The van der Waals surface area contributed by atoms with E-state index in [1.165, 1.54) is 5.69 Å². The molecule has 1 aromatic heterocycles. The molecule has 2 rings (SSSR count). The zero-order valence-electron chi connectivity index (χ0n) is 11.1. The maximum Gasteiger partial charge on any atom is 0.0639 e. The number of rotatable bonds is 5. The predicted molar refractivity (Wildman–Crippen MR) is 72.5 cm³/mol. The number of nitrogens with zero attached hydrogens (tertiary/aromatic N) is 3. The van der Waals surface area contributed by atoms with Gasteiger partial charge in [-0.25, -0.2) is 0 Å². The molecule has 1 fully saturated rings. The first-order valence-corrected chi connectivity index (χ1v) is 6.77. The topological polar surface area (TPSA) is 39.6 Å². The van der Waals surface area contributed by atoms with Gasteiger partial charge in [-0.2, -0.15) is 0 Å². The molecule has 1 atom stereocenters. The largest absolute Gasteiger partial charge is 0.392 e. The maximum absolute atomic E-state index is 9.36. The Kier molecular flexibility index (Phi) is 5.11. The number of piperazine rings is 1. The summed E-state index contributed by atoms with van der Waals surface area (Å²) in [4.78, 5) is 9.16. The summed E-state index contributed by atoms with van der Waals surface area (Å²) < 4.78 is 0. The van der Waals surface area contributed by atoms with E-state index >= 15 is 0 Å². The lowest BCUT2D eigenvalue weighted by atomic mass is 10.2. The molecule has 0 amide bonds. The highest BCUT2D eigenvalue weighted by Gasteiger charge is 2.17. The molecule has 4 nitrogen and oxygen atoms in total. The SMILES string of the molecule is CC(O)CN1CCN(CCc2ccccn2)CC1. The van der Waals surface area contributed by atoms with Crippen LogP contribution in [0, 0.1) is 0 Å². The molecule has 1 aliphatic rings. The Morgan fingerprint density at radius 2 is 1.94 bits per heavy atom. The van der Waals surface area contributed by atoms with Gasteiger partial charge in [-0.15, -0.1) is 0 Å². The number of aromatic nitrogens is 1. The molecule has 100 valence electrons. The molecule has 0 bridgehead atoms. The van der Waals surface area contributed by atoms with Gasteiger partial charge in [-0.05, 0) is 19.1 Å². The van der Waals surface area contributed by atoms with Crippen LogP contribution in [0.5, 0.6) is 0 Å². The Hall–Kier alpha value is -0.970. The van der Waals surface area contributed by atoms with Crippen LogP contribution in [0.2, 0.25) is 0 Å². The molecule has 1 aliphatic heterocycles. The number of hydrogen-bond donors (Lipinski definition) is 1. The number of aliphatic hydroxyl groups excluding tert-OH is 1. The molecule has 18 heavy (non-hydrogen) atoms. The highest BCUT2D eigenvalue weighted by molar-refractivity contribution is 5.03. The maximum atomic E-state index is 9.36. The molecular formula is C14H23N3O. The van der Waals surface area contributed by atoms with E-state index in [0.29, 0.717) is 0 Å².